The van der Waals surface area contributed by atoms with Gasteiger partial charge in [0.05, 0.1) is 27.3 Å². The number of aliphatic hydroxyl groups is 1. The monoisotopic (exact) mass is 545 g/mol. The molecule has 200 valence electrons. The third-order valence-electron chi connectivity index (χ3n) is 7.94. The lowest BCUT2D eigenvalue weighted by molar-refractivity contribution is -0.143. The van der Waals surface area contributed by atoms with Crippen molar-refractivity contribution in [2.45, 2.75) is 48.6 Å². The Morgan fingerprint density at radius 1 is 1.24 bits per heavy atom. The zero-order valence-electron chi connectivity index (χ0n) is 21.6. The maximum atomic E-state index is 14.5. The number of carbonyl (C=O) groups excluding carboxylic acids is 3. The molecular formula is C28H36ClN3O4S. The lowest BCUT2D eigenvalue weighted by Gasteiger charge is -2.38. The Hall–Kier alpha value is -2.29. The summed E-state index contributed by atoms with van der Waals surface area (Å²) in [5, 5.41) is 9.83. The van der Waals surface area contributed by atoms with Crippen LogP contribution in [0.25, 0.3) is 0 Å². The van der Waals surface area contributed by atoms with Crippen LogP contribution in [0.3, 0.4) is 0 Å². The van der Waals surface area contributed by atoms with Crippen molar-refractivity contribution in [3.8, 4) is 0 Å². The lowest BCUT2D eigenvalue weighted by Crippen LogP contribution is -2.55. The molecule has 0 radical (unpaired) electrons. The molecule has 2 unspecified atom stereocenters. The van der Waals surface area contributed by atoms with Crippen molar-refractivity contribution in [3.05, 3.63) is 54.1 Å². The molecule has 1 N–H and O–H groups in total. The topological polar surface area (TPSA) is 81.2 Å². The number of para-hydroxylation sites is 1. The SMILES string of the molecule is C=CCN(C)C(=O)[C@@H]1[C@H]2C(=O)N(CCCCO)C(C(=O)N(CC=C)c3c(C)cccc3Cl)C23CC[C@H]1S3. The van der Waals surface area contributed by atoms with Crippen LogP contribution in [-0.4, -0.2) is 82.0 Å². The molecule has 3 heterocycles. The molecule has 1 aromatic rings. The van der Waals surface area contributed by atoms with Crippen LogP contribution in [0.15, 0.2) is 43.5 Å². The number of nitrogens with zero attached hydrogens (tertiary/aromatic N) is 3. The zero-order valence-corrected chi connectivity index (χ0v) is 23.1. The molecule has 1 spiro atoms. The van der Waals surface area contributed by atoms with Crippen LogP contribution in [-0.2, 0) is 14.4 Å². The number of unbranched alkanes of at least 4 members (excludes halogenated alkanes) is 1. The van der Waals surface area contributed by atoms with Crippen LogP contribution in [0.5, 0.6) is 0 Å². The van der Waals surface area contributed by atoms with Gasteiger partial charge in [-0.25, -0.2) is 0 Å². The highest BCUT2D eigenvalue weighted by Crippen LogP contribution is 2.66. The Balaban J connectivity index is 1.78. The van der Waals surface area contributed by atoms with E-state index < -0.39 is 22.6 Å². The normalized spacial score (nSPS) is 27.8. The predicted molar refractivity (Wildman–Crippen MR) is 149 cm³/mol. The van der Waals surface area contributed by atoms with Gasteiger partial charge in [-0.3, -0.25) is 14.4 Å². The van der Waals surface area contributed by atoms with Gasteiger partial charge in [0.2, 0.25) is 11.8 Å². The van der Waals surface area contributed by atoms with Crippen molar-refractivity contribution in [1.29, 1.82) is 0 Å². The minimum absolute atomic E-state index is 0.00138. The molecule has 4 rings (SSSR count). The fourth-order valence-corrected chi connectivity index (χ4v) is 8.95. The molecule has 5 atom stereocenters. The van der Waals surface area contributed by atoms with Crippen LogP contribution in [0.2, 0.25) is 5.02 Å². The first-order chi connectivity index (χ1) is 17.7. The largest absolute Gasteiger partial charge is 0.396 e. The van der Waals surface area contributed by atoms with Gasteiger partial charge in [0.25, 0.3) is 5.91 Å². The van der Waals surface area contributed by atoms with Gasteiger partial charge < -0.3 is 19.8 Å². The molecule has 37 heavy (non-hydrogen) atoms. The number of amides is 3. The van der Waals surface area contributed by atoms with Gasteiger partial charge in [0, 0.05) is 38.5 Å². The number of likely N-dealkylation sites (tertiary alicyclic amines) is 1. The molecule has 3 aliphatic rings. The van der Waals surface area contributed by atoms with Gasteiger partial charge in [0.1, 0.15) is 6.04 Å². The number of benzene rings is 1. The summed E-state index contributed by atoms with van der Waals surface area (Å²) in [6.45, 7) is 10.5. The highest BCUT2D eigenvalue weighted by molar-refractivity contribution is 8.02. The fraction of sp³-hybridized carbons (Fsp3) is 0.536. The third kappa shape index (κ3) is 4.61. The Labute approximate surface area is 228 Å². The second kappa shape index (κ2) is 11.2. The van der Waals surface area contributed by atoms with E-state index in [0.717, 1.165) is 12.0 Å². The molecule has 7 nitrogen and oxygen atoms in total. The first kappa shape index (κ1) is 27.7. The standard InChI is InChI=1S/C28H36ClN3O4S/c1-5-14-30(4)25(34)21-20-12-13-28(37-20)22(21)26(35)32(16-7-8-17-33)24(28)27(36)31(15-6-2)23-18(3)10-9-11-19(23)29/h5-6,9-11,20-22,24,33H,1-2,7-8,12-17H2,3-4H3/t20-,21+,22+,24?,28?/m1/s1. The molecule has 9 heteroatoms. The summed E-state index contributed by atoms with van der Waals surface area (Å²) < 4.78 is -0.679. The number of fused-ring (bicyclic) bond motifs is 1. The molecule has 1 aromatic carbocycles. The van der Waals surface area contributed by atoms with E-state index in [1.165, 1.54) is 0 Å². The van der Waals surface area contributed by atoms with E-state index in [1.807, 2.05) is 19.1 Å². The number of anilines is 1. The molecule has 3 amide bonds. The van der Waals surface area contributed by atoms with E-state index in [9.17, 15) is 19.5 Å². The summed E-state index contributed by atoms with van der Waals surface area (Å²) in [7, 11) is 1.74. The summed E-state index contributed by atoms with van der Waals surface area (Å²) in [5.41, 5.74) is 1.47. The maximum absolute atomic E-state index is 14.5. The number of carbonyl (C=O) groups is 3. The van der Waals surface area contributed by atoms with Crippen molar-refractivity contribution in [1.82, 2.24) is 9.80 Å². The number of hydrogen-bond acceptors (Lipinski definition) is 5. The van der Waals surface area contributed by atoms with E-state index >= 15 is 0 Å². The van der Waals surface area contributed by atoms with Gasteiger partial charge >= 0.3 is 0 Å². The van der Waals surface area contributed by atoms with Crippen LogP contribution in [0.1, 0.15) is 31.2 Å². The highest BCUT2D eigenvalue weighted by Gasteiger charge is 2.74. The van der Waals surface area contributed by atoms with E-state index in [0.29, 0.717) is 43.1 Å². The number of aliphatic hydroxyl groups excluding tert-OH is 1. The molecule has 3 aliphatic heterocycles. The van der Waals surface area contributed by atoms with Crippen molar-refractivity contribution in [2.24, 2.45) is 11.8 Å². The van der Waals surface area contributed by atoms with Crippen molar-refractivity contribution in [3.63, 3.8) is 0 Å². The molecule has 0 aliphatic carbocycles. The summed E-state index contributed by atoms with van der Waals surface area (Å²) in [5.74, 6) is -1.42. The molecule has 3 fully saturated rings. The highest BCUT2D eigenvalue weighted by atomic mass is 35.5. The second-order valence-electron chi connectivity index (χ2n) is 10.2. The van der Waals surface area contributed by atoms with E-state index in [2.05, 4.69) is 13.2 Å². The van der Waals surface area contributed by atoms with Crippen LogP contribution >= 0.6 is 23.4 Å². The minimum atomic E-state index is -0.725. The summed E-state index contributed by atoms with van der Waals surface area (Å²) in [4.78, 5) is 47.1. The molecule has 2 bridgehead atoms. The second-order valence-corrected chi connectivity index (χ2v) is 12.2. The number of rotatable bonds is 11. The summed E-state index contributed by atoms with van der Waals surface area (Å²) >= 11 is 8.25. The first-order valence-electron chi connectivity index (χ1n) is 12.9. The van der Waals surface area contributed by atoms with E-state index in [4.69, 9.17) is 11.6 Å². The first-order valence-corrected chi connectivity index (χ1v) is 14.1. The number of thioether (sulfide) groups is 1. The van der Waals surface area contributed by atoms with Crippen molar-refractivity contribution < 1.29 is 19.5 Å². The number of halogens is 1. The minimum Gasteiger partial charge on any atom is -0.396 e. The van der Waals surface area contributed by atoms with Gasteiger partial charge in [-0.15, -0.1) is 24.9 Å². The number of aryl methyl sites for hydroxylation is 1. The number of hydrogen-bond donors (Lipinski definition) is 1. The maximum Gasteiger partial charge on any atom is 0.251 e. The van der Waals surface area contributed by atoms with E-state index in [1.54, 1.807) is 51.7 Å². The zero-order chi connectivity index (χ0) is 26.9. The van der Waals surface area contributed by atoms with Gasteiger partial charge in [-0.1, -0.05) is 35.9 Å². The summed E-state index contributed by atoms with van der Waals surface area (Å²) in [6, 6.07) is 4.78. The Bertz CT molecular complexity index is 1080. The van der Waals surface area contributed by atoms with Gasteiger partial charge in [-0.05, 0) is 44.2 Å². The quantitative estimate of drug-likeness (QED) is 0.339. The van der Waals surface area contributed by atoms with Crippen LogP contribution in [0, 0.1) is 18.8 Å². The smallest absolute Gasteiger partial charge is 0.251 e. The summed E-state index contributed by atoms with van der Waals surface area (Å²) in [6.07, 6.45) is 5.93. The average molecular weight is 546 g/mol. The molecular weight excluding hydrogens is 510 g/mol. The predicted octanol–water partition coefficient (Wildman–Crippen LogP) is 3.68. The Morgan fingerprint density at radius 2 is 1.97 bits per heavy atom. The lowest BCUT2D eigenvalue weighted by atomic mass is 9.70. The third-order valence-corrected chi connectivity index (χ3v) is 10.2. The van der Waals surface area contributed by atoms with E-state index in [-0.39, 0.29) is 36.1 Å². The van der Waals surface area contributed by atoms with Gasteiger partial charge in [-0.2, -0.15) is 0 Å². The fourth-order valence-electron chi connectivity index (χ4n) is 6.42. The average Bonchev–Trinajstić information content (AvgIpc) is 3.50. The Morgan fingerprint density at radius 3 is 2.62 bits per heavy atom. The van der Waals surface area contributed by atoms with Crippen molar-refractivity contribution in [2.75, 3.05) is 38.2 Å². The van der Waals surface area contributed by atoms with Gasteiger partial charge in [0.15, 0.2) is 0 Å². The Kier molecular flexibility index (Phi) is 8.41. The molecule has 0 aromatic heterocycles. The molecule has 3 saturated heterocycles. The van der Waals surface area contributed by atoms with Crippen LogP contribution < -0.4 is 4.90 Å². The van der Waals surface area contributed by atoms with Crippen molar-refractivity contribution >= 4 is 46.8 Å². The molecule has 0 saturated carbocycles. The number of likely N-dealkylation sites (N-methyl/N-ethyl adjacent to an activating group) is 1. The van der Waals surface area contributed by atoms with Crippen LogP contribution in [0.4, 0.5) is 5.69 Å².